The van der Waals surface area contributed by atoms with Crippen molar-refractivity contribution in [3.05, 3.63) is 0 Å². The predicted molar refractivity (Wildman–Crippen MR) is 50.7 cm³/mol. The first kappa shape index (κ1) is 9.45. The Balaban J connectivity index is 1.84. The molecule has 2 aliphatic rings. The minimum absolute atomic E-state index is 0.177. The normalized spacial score (nSPS) is 24.1. The summed E-state index contributed by atoms with van der Waals surface area (Å²) in [5, 5.41) is 5.56. The summed E-state index contributed by atoms with van der Waals surface area (Å²) in [4.78, 5) is 23.8. The first-order chi connectivity index (χ1) is 6.75. The van der Waals surface area contributed by atoms with Gasteiger partial charge in [-0.3, -0.25) is 10.1 Å². The van der Waals surface area contributed by atoms with Crippen LogP contribution >= 0.6 is 0 Å². The number of carbonyl (C=O) groups is 2. The van der Waals surface area contributed by atoms with Gasteiger partial charge in [-0.2, -0.15) is 0 Å². The van der Waals surface area contributed by atoms with Crippen LogP contribution in [0.15, 0.2) is 0 Å². The number of piperidine rings is 1. The molecule has 0 unspecified atom stereocenters. The van der Waals surface area contributed by atoms with E-state index in [1.807, 2.05) is 0 Å². The Morgan fingerprint density at radius 3 is 2.57 bits per heavy atom. The fourth-order valence-electron chi connectivity index (χ4n) is 2.01. The Bertz CT molecular complexity index is 248. The average Bonchev–Trinajstić information content (AvgIpc) is 2.47. The largest absolute Gasteiger partial charge is 0.324 e. The standard InChI is InChI=1S/C9H15N3O2/c13-8-6-12(9(14)11-8)5-7-1-3-10-4-2-7/h7,10H,1-6H2,(H,11,13,14). The summed E-state index contributed by atoms with van der Waals surface area (Å²) >= 11 is 0. The third-order valence-electron chi connectivity index (χ3n) is 2.81. The monoisotopic (exact) mass is 197 g/mol. The maximum Gasteiger partial charge on any atom is 0.324 e. The van der Waals surface area contributed by atoms with Crippen LogP contribution < -0.4 is 10.6 Å². The van der Waals surface area contributed by atoms with Crippen LogP contribution in [0, 0.1) is 5.92 Å². The van der Waals surface area contributed by atoms with E-state index < -0.39 is 0 Å². The molecule has 0 atom stereocenters. The third-order valence-corrected chi connectivity index (χ3v) is 2.81. The van der Waals surface area contributed by atoms with E-state index in [0.29, 0.717) is 5.92 Å². The lowest BCUT2D eigenvalue weighted by molar-refractivity contribution is -0.118. The van der Waals surface area contributed by atoms with E-state index in [1.165, 1.54) is 0 Å². The second-order valence-electron chi connectivity index (χ2n) is 3.93. The molecule has 14 heavy (non-hydrogen) atoms. The summed E-state index contributed by atoms with van der Waals surface area (Å²) in [6.45, 7) is 3.00. The molecule has 2 aliphatic heterocycles. The number of hydrogen-bond acceptors (Lipinski definition) is 3. The molecule has 0 aliphatic carbocycles. The van der Waals surface area contributed by atoms with Crippen molar-refractivity contribution in [1.29, 1.82) is 0 Å². The zero-order valence-corrected chi connectivity index (χ0v) is 8.08. The first-order valence-electron chi connectivity index (χ1n) is 5.05. The Hall–Kier alpha value is -1.10. The number of amides is 3. The second kappa shape index (κ2) is 3.96. The number of hydrogen-bond donors (Lipinski definition) is 2. The van der Waals surface area contributed by atoms with Crippen LogP contribution in [0.1, 0.15) is 12.8 Å². The van der Waals surface area contributed by atoms with Crippen molar-refractivity contribution >= 4 is 11.9 Å². The van der Waals surface area contributed by atoms with Crippen molar-refractivity contribution in [1.82, 2.24) is 15.5 Å². The van der Waals surface area contributed by atoms with Crippen LogP contribution in [0.2, 0.25) is 0 Å². The molecule has 0 saturated carbocycles. The van der Waals surface area contributed by atoms with Crippen LogP contribution in [0.3, 0.4) is 0 Å². The molecule has 0 aromatic carbocycles. The number of nitrogens with one attached hydrogen (secondary N) is 2. The molecule has 0 aromatic heterocycles. The molecule has 2 fully saturated rings. The van der Waals surface area contributed by atoms with E-state index in [4.69, 9.17) is 0 Å². The van der Waals surface area contributed by atoms with Crippen molar-refractivity contribution in [2.45, 2.75) is 12.8 Å². The number of nitrogens with zero attached hydrogens (tertiary/aromatic N) is 1. The van der Waals surface area contributed by atoms with Gasteiger partial charge in [0.05, 0.1) is 0 Å². The van der Waals surface area contributed by atoms with Gasteiger partial charge in [0.25, 0.3) is 0 Å². The molecule has 2 N–H and O–H groups in total. The molecule has 0 bridgehead atoms. The lowest BCUT2D eigenvalue weighted by atomic mass is 9.98. The summed E-state index contributed by atoms with van der Waals surface area (Å²) in [7, 11) is 0. The number of rotatable bonds is 2. The van der Waals surface area contributed by atoms with Gasteiger partial charge in [-0.25, -0.2) is 4.79 Å². The molecule has 2 rings (SSSR count). The highest BCUT2D eigenvalue weighted by molar-refractivity contribution is 6.01. The maximum absolute atomic E-state index is 11.2. The summed E-state index contributed by atoms with van der Waals surface area (Å²) in [5.41, 5.74) is 0. The fraction of sp³-hybridized carbons (Fsp3) is 0.778. The van der Waals surface area contributed by atoms with Gasteiger partial charge in [0.15, 0.2) is 0 Å². The van der Waals surface area contributed by atoms with Crippen LogP contribution in [0.5, 0.6) is 0 Å². The van der Waals surface area contributed by atoms with E-state index in [9.17, 15) is 9.59 Å². The minimum atomic E-state index is -0.228. The molecule has 2 heterocycles. The molecule has 5 heteroatoms. The van der Waals surface area contributed by atoms with Gasteiger partial charge in [0.2, 0.25) is 5.91 Å². The molecular formula is C9H15N3O2. The highest BCUT2D eigenvalue weighted by Crippen LogP contribution is 2.14. The molecule has 5 nitrogen and oxygen atoms in total. The van der Waals surface area contributed by atoms with Crippen molar-refractivity contribution in [2.24, 2.45) is 5.92 Å². The van der Waals surface area contributed by atoms with E-state index in [1.54, 1.807) is 4.90 Å². The van der Waals surface area contributed by atoms with Gasteiger partial charge in [0, 0.05) is 6.54 Å². The summed E-state index contributed by atoms with van der Waals surface area (Å²) in [6, 6.07) is -0.228. The number of urea groups is 1. The molecule has 0 spiro atoms. The third kappa shape index (κ3) is 2.04. The van der Waals surface area contributed by atoms with Gasteiger partial charge >= 0.3 is 6.03 Å². The van der Waals surface area contributed by atoms with Crippen LogP contribution in [0.4, 0.5) is 4.79 Å². The van der Waals surface area contributed by atoms with Crippen LogP contribution in [-0.4, -0.2) is 43.0 Å². The summed E-state index contributed by atoms with van der Waals surface area (Å²) in [5.74, 6) is 0.372. The minimum Gasteiger partial charge on any atom is -0.317 e. The number of imide groups is 1. The average molecular weight is 197 g/mol. The van der Waals surface area contributed by atoms with E-state index in [-0.39, 0.29) is 18.5 Å². The van der Waals surface area contributed by atoms with Gasteiger partial charge in [-0.05, 0) is 31.8 Å². The SMILES string of the molecule is O=C1CN(CC2CCNCC2)C(=O)N1. The maximum atomic E-state index is 11.2. The van der Waals surface area contributed by atoms with E-state index in [2.05, 4.69) is 10.6 Å². The Kier molecular flexibility index (Phi) is 2.67. The first-order valence-corrected chi connectivity index (χ1v) is 5.05. The quantitative estimate of drug-likeness (QED) is 0.589. The van der Waals surface area contributed by atoms with Crippen molar-refractivity contribution in [2.75, 3.05) is 26.2 Å². The topological polar surface area (TPSA) is 61.4 Å². The highest BCUT2D eigenvalue weighted by Gasteiger charge is 2.28. The van der Waals surface area contributed by atoms with Gasteiger partial charge in [-0.1, -0.05) is 0 Å². The number of carbonyl (C=O) groups excluding carboxylic acids is 2. The molecule has 78 valence electrons. The Morgan fingerprint density at radius 2 is 2.00 bits per heavy atom. The summed E-state index contributed by atoms with van der Waals surface area (Å²) < 4.78 is 0. The lowest BCUT2D eigenvalue weighted by Crippen LogP contribution is -2.37. The molecule has 0 aromatic rings. The fourth-order valence-corrected chi connectivity index (χ4v) is 2.01. The Morgan fingerprint density at radius 1 is 1.29 bits per heavy atom. The Labute approximate surface area is 82.8 Å². The van der Waals surface area contributed by atoms with Crippen molar-refractivity contribution in [3.63, 3.8) is 0 Å². The smallest absolute Gasteiger partial charge is 0.317 e. The van der Waals surface area contributed by atoms with Crippen LogP contribution in [-0.2, 0) is 4.79 Å². The molecule has 2 saturated heterocycles. The zero-order valence-electron chi connectivity index (χ0n) is 8.08. The van der Waals surface area contributed by atoms with Gasteiger partial charge in [-0.15, -0.1) is 0 Å². The second-order valence-corrected chi connectivity index (χ2v) is 3.93. The van der Waals surface area contributed by atoms with Crippen molar-refractivity contribution < 1.29 is 9.59 Å². The van der Waals surface area contributed by atoms with Gasteiger partial charge in [0.1, 0.15) is 6.54 Å². The molecular weight excluding hydrogens is 182 g/mol. The van der Waals surface area contributed by atoms with E-state index in [0.717, 1.165) is 32.5 Å². The highest BCUT2D eigenvalue weighted by atomic mass is 16.2. The lowest BCUT2D eigenvalue weighted by Gasteiger charge is -2.26. The molecule has 3 amide bonds. The van der Waals surface area contributed by atoms with Gasteiger partial charge < -0.3 is 10.2 Å². The predicted octanol–water partition coefficient (Wildman–Crippen LogP) is -0.462. The zero-order chi connectivity index (χ0) is 9.97. The van der Waals surface area contributed by atoms with Crippen LogP contribution in [0.25, 0.3) is 0 Å². The van der Waals surface area contributed by atoms with Crippen molar-refractivity contribution in [3.8, 4) is 0 Å². The summed E-state index contributed by atoms with van der Waals surface area (Å²) in [6.07, 6.45) is 2.19. The molecule has 0 radical (unpaired) electrons. The van der Waals surface area contributed by atoms with E-state index >= 15 is 0 Å².